The van der Waals surface area contributed by atoms with E-state index in [0.29, 0.717) is 0 Å². The number of nitrogen functional groups attached to an aromatic ring is 1. The van der Waals surface area contributed by atoms with Crippen molar-refractivity contribution in [1.29, 1.82) is 0 Å². The Balaban J connectivity index is 2.86. The Kier molecular flexibility index (Phi) is 2.27. The fourth-order valence-electron chi connectivity index (χ4n) is 1.95. The van der Waals surface area contributed by atoms with Crippen LogP contribution in [0.4, 0.5) is 5.00 Å². The molecule has 2 rings (SSSR count). The summed E-state index contributed by atoms with van der Waals surface area (Å²) >= 11 is 1.69. The lowest BCUT2D eigenvalue weighted by atomic mass is 9.84. The highest BCUT2D eigenvalue weighted by Crippen LogP contribution is 2.39. The second kappa shape index (κ2) is 3.24. The summed E-state index contributed by atoms with van der Waals surface area (Å²) in [7, 11) is 0. The van der Waals surface area contributed by atoms with Crippen LogP contribution in [-0.4, -0.2) is 0 Å². The largest absolute Gasteiger partial charge is 0.390 e. The molecule has 1 nitrogen and oxygen atoms in total. The maximum absolute atomic E-state index is 5.98. The number of benzene rings is 1. The van der Waals surface area contributed by atoms with Crippen LogP contribution in [0.15, 0.2) is 18.2 Å². The number of hydrogen-bond acceptors (Lipinski definition) is 2. The van der Waals surface area contributed by atoms with Crippen molar-refractivity contribution < 1.29 is 0 Å². The molecule has 80 valence electrons. The molecule has 0 aliphatic rings. The molecule has 0 radical (unpaired) electrons. The van der Waals surface area contributed by atoms with Gasteiger partial charge in [0.05, 0.1) is 5.00 Å². The van der Waals surface area contributed by atoms with Gasteiger partial charge < -0.3 is 5.73 Å². The van der Waals surface area contributed by atoms with E-state index in [9.17, 15) is 0 Å². The van der Waals surface area contributed by atoms with Gasteiger partial charge in [-0.25, -0.2) is 0 Å². The van der Waals surface area contributed by atoms with Gasteiger partial charge >= 0.3 is 0 Å². The number of hydrogen-bond donors (Lipinski definition) is 1. The first-order valence-electron chi connectivity index (χ1n) is 5.19. The third-order valence-electron chi connectivity index (χ3n) is 2.80. The predicted molar refractivity (Wildman–Crippen MR) is 69.7 cm³/mol. The highest BCUT2D eigenvalue weighted by atomic mass is 32.1. The van der Waals surface area contributed by atoms with Crippen molar-refractivity contribution in [3.05, 3.63) is 29.3 Å². The third kappa shape index (κ3) is 1.63. The molecule has 1 aromatic carbocycles. The lowest BCUT2D eigenvalue weighted by Crippen LogP contribution is -2.11. The van der Waals surface area contributed by atoms with E-state index in [0.717, 1.165) is 5.00 Å². The molecule has 0 aliphatic carbocycles. The summed E-state index contributed by atoms with van der Waals surface area (Å²) in [5.41, 5.74) is 8.79. The summed E-state index contributed by atoms with van der Waals surface area (Å²) in [4.78, 5) is 0. The summed E-state index contributed by atoms with van der Waals surface area (Å²) in [6.45, 7) is 8.85. The maximum atomic E-state index is 5.98. The van der Waals surface area contributed by atoms with Crippen molar-refractivity contribution in [2.24, 2.45) is 0 Å². The SMILES string of the molecule is Cc1c(N)sc2cccc(C(C)(C)C)c12. The Morgan fingerprint density at radius 1 is 1.20 bits per heavy atom. The average molecular weight is 219 g/mol. The van der Waals surface area contributed by atoms with E-state index in [1.165, 1.54) is 21.2 Å². The molecule has 0 aliphatic heterocycles. The molecule has 0 saturated carbocycles. The molecule has 2 heteroatoms. The molecule has 0 spiro atoms. The quantitative estimate of drug-likeness (QED) is 0.709. The number of fused-ring (bicyclic) bond motifs is 1. The molecular formula is C13H17NS. The molecule has 15 heavy (non-hydrogen) atoms. The Labute approximate surface area is 94.9 Å². The van der Waals surface area contributed by atoms with Crippen LogP contribution in [0.5, 0.6) is 0 Å². The topological polar surface area (TPSA) is 26.0 Å². The van der Waals surface area contributed by atoms with Crippen LogP contribution in [0.2, 0.25) is 0 Å². The van der Waals surface area contributed by atoms with Gasteiger partial charge in [-0.3, -0.25) is 0 Å². The fraction of sp³-hybridized carbons (Fsp3) is 0.385. The number of anilines is 1. The minimum absolute atomic E-state index is 0.178. The predicted octanol–water partition coefficient (Wildman–Crippen LogP) is 4.09. The van der Waals surface area contributed by atoms with Crippen molar-refractivity contribution in [3.63, 3.8) is 0 Å². The first-order valence-corrected chi connectivity index (χ1v) is 6.01. The smallest absolute Gasteiger partial charge is 0.0898 e. The van der Waals surface area contributed by atoms with E-state index in [1.807, 2.05) is 0 Å². The molecule has 1 heterocycles. The van der Waals surface area contributed by atoms with Crippen molar-refractivity contribution in [2.75, 3.05) is 5.73 Å². The van der Waals surface area contributed by atoms with Crippen molar-refractivity contribution in [3.8, 4) is 0 Å². The Bertz CT molecular complexity index is 503. The van der Waals surface area contributed by atoms with Gasteiger partial charge in [-0.05, 0) is 29.5 Å². The minimum atomic E-state index is 0.178. The van der Waals surface area contributed by atoms with Crippen molar-refractivity contribution in [1.82, 2.24) is 0 Å². The number of nitrogens with two attached hydrogens (primary N) is 1. The lowest BCUT2D eigenvalue weighted by Gasteiger charge is -2.20. The van der Waals surface area contributed by atoms with Gasteiger partial charge in [-0.15, -0.1) is 11.3 Å². The van der Waals surface area contributed by atoms with Crippen LogP contribution in [0.3, 0.4) is 0 Å². The second-order valence-electron chi connectivity index (χ2n) is 5.02. The molecule has 0 unspecified atom stereocenters. The van der Waals surface area contributed by atoms with Crippen molar-refractivity contribution in [2.45, 2.75) is 33.1 Å². The Morgan fingerprint density at radius 2 is 1.87 bits per heavy atom. The zero-order valence-corrected chi connectivity index (χ0v) is 10.5. The summed E-state index contributed by atoms with van der Waals surface area (Å²) in [6.07, 6.45) is 0. The van der Waals surface area contributed by atoms with Crippen LogP contribution < -0.4 is 5.73 Å². The second-order valence-corrected chi connectivity index (χ2v) is 6.10. The van der Waals surface area contributed by atoms with Gasteiger partial charge in [-0.1, -0.05) is 32.9 Å². The molecule has 0 fully saturated rings. The van der Waals surface area contributed by atoms with Gasteiger partial charge in [-0.2, -0.15) is 0 Å². The minimum Gasteiger partial charge on any atom is -0.390 e. The number of thiophene rings is 1. The van der Waals surface area contributed by atoms with E-state index >= 15 is 0 Å². The highest BCUT2D eigenvalue weighted by molar-refractivity contribution is 7.22. The normalized spacial score (nSPS) is 12.3. The monoisotopic (exact) mass is 219 g/mol. The van der Waals surface area contributed by atoms with Crippen LogP contribution in [-0.2, 0) is 5.41 Å². The Hall–Kier alpha value is -1.02. The summed E-state index contributed by atoms with van der Waals surface area (Å²) < 4.78 is 1.30. The number of rotatable bonds is 0. The lowest BCUT2D eigenvalue weighted by molar-refractivity contribution is 0.596. The molecule has 1 aromatic heterocycles. The zero-order valence-electron chi connectivity index (χ0n) is 9.72. The maximum Gasteiger partial charge on any atom is 0.0898 e. The molecule has 2 aromatic rings. The van der Waals surface area contributed by atoms with E-state index < -0.39 is 0 Å². The molecule has 0 atom stereocenters. The van der Waals surface area contributed by atoms with Gasteiger partial charge in [0.1, 0.15) is 0 Å². The summed E-state index contributed by atoms with van der Waals surface area (Å²) in [5.74, 6) is 0. The van der Waals surface area contributed by atoms with Crippen molar-refractivity contribution >= 4 is 26.4 Å². The molecular weight excluding hydrogens is 202 g/mol. The van der Waals surface area contributed by atoms with Crippen LogP contribution in [0.25, 0.3) is 10.1 Å². The summed E-state index contributed by atoms with van der Waals surface area (Å²) in [6, 6.07) is 6.48. The highest BCUT2D eigenvalue weighted by Gasteiger charge is 2.19. The zero-order chi connectivity index (χ0) is 11.2. The average Bonchev–Trinajstić information content (AvgIpc) is 2.41. The van der Waals surface area contributed by atoms with Gasteiger partial charge in [0, 0.05) is 10.1 Å². The number of aryl methyl sites for hydroxylation is 1. The summed E-state index contributed by atoms with van der Waals surface area (Å²) in [5, 5.41) is 2.30. The van der Waals surface area contributed by atoms with E-state index in [4.69, 9.17) is 5.73 Å². The molecule has 0 amide bonds. The molecule has 0 saturated heterocycles. The van der Waals surface area contributed by atoms with Gasteiger partial charge in [0.25, 0.3) is 0 Å². The molecule has 2 N–H and O–H groups in total. The molecule has 0 bridgehead atoms. The van der Waals surface area contributed by atoms with Crippen LogP contribution in [0.1, 0.15) is 31.9 Å². The third-order valence-corrected chi connectivity index (χ3v) is 3.88. The Morgan fingerprint density at radius 3 is 2.47 bits per heavy atom. The van der Waals surface area contributed by atoms with E-state index in [-0.39, 0.29) is 5.41 Å². The first-order chi connectivity index (χ1) is 6.91. The van der Waals surface area contributed by atoms with Gasteiger partial charge in [0.2, 0.25) is 0 Å². The van der Waals surface area contributed by atoms with E-state index in [2.05, 4.69) is 45.9 Å². The fourth-order valence-corrected chi connectivity index (χ4v) is 2.95. The van der Waals surface area contributed by atoms with Crippen LogP contribution >= 0.6 is 11.3 Å². The standard InChI is InChI=1S/C13H17NS/c1-8-11-9(13(2,3)4)6-5-7-10(11)15-12(8)14/h5-7H,14H2,1-4H3. The van der Waals surface area contributed by atoms with Crippen LogP contribution in [0, 0.1) is 6.92 Å². The van der Waals surface area contributed by atoms with Gasteiger partial charge in [0.15, 0.2) is 0 Å². The van der Waals surface area contributed by atoms with E-state index in [1.54, 1.807) is 11.3 Å². The first kappa shape index (κ1) is 10.5.